The molecule has 4 rings (SSSR count). The summed E-state index contributed by atoms with van der Waals surface area (Å²) in [5.41, 5.74) is 0.874. The maximum atomic E-state index is 10.5. The summed E-state index contributed by atoms with van der Waals surface area (Å²) >= 11 is 0. The lowest BCUT2D eigenvalue weighted by Crippen LogP contribution is -2.54. The van der Waals surface area contributed by atoms with Crippen molar-refractivity contribution < 1.29 is 28.8 Å². The molecule has 120 valence electrons. The van der Waals surface area contributed by atoms with Crippen molar-refractivity contribution in [2.75, 3.05) is 27.4 Å². The van der Waals surface area contributed by atoms with E-state index in [1.807, 2.05) is 12.1 Å². The number of aliphatic hydroxyl groups is 1. The summed E-state index contributed by atoms with van der Waals surface area (Å²) in [7, 11) is 3.21. The average molecular weight is 308 g/mol. The maximum absolute atomic E-state index is 10.5. The van der Waals surface area contributed by atoms with Gasteiger partial charge in [0.1, 0.15) is 17.2 Å². The Morgan fingerprint density at radius 1 is 1.18 bits per heavy atom. The molecule has 6 heteroatoms. The van der Waals surface area contributed by atoms with Gasteiger partial charge in [-0.1, -0.05) is 0 Å². The van der Waals surface area contributed by atoms with Gasteiger partial charge in [-0.15, -0.1) is 0 Å². The largest absolute Gasteiger partial charge is 0.496 e. The minimum atomic E-state index is -0.763. The quantitative estimate of drug-likeness (QED) is 0.892. The number of rotatable bonds is 2. The Labute approximate surface area is 128 Å². The normalized spacial score (nSPS) is 31.5. The minimum Gasteiger partial charge on any atom is -0.496 e. The fraction of sp³-hybridized carbons (Fsp3) is 0.625. The van der Waals surface area contributed by atoms with Crippen molar-refractivity contribution in [3.63, 3.8) is 0 Å². The van der Waals surface area contributed by atoms with Crippen LogP contribution in [0.2, 0.25) is 0 Å². The third-order valence-corrected chi connectivity index (χ3v) is 4.86. The van der Waals surface area contributed by atoms with Crippen molar-refractivity contribution in [2.24, 2.45) is 0 Å². The molecule has 0 unspecified atom stereocenters. The van der Waals surface area contributed by atoms with Crippen LogP contribution in [0, 0.1) is 0 Å². The third-order valence-electron chi connectivity index (χ3n) is 4.86. The molecule has 1 aliphatic carbocycles. The second-order valence-corrected chi connectivity index (χ2v) is 5.92. The number of methoxy groups -OCH3 is 2. The van der Waals surface area contributed by atoms with Crippen LogP contribution in [-0.2, 0) is 9.47 Å². The molecule has 0 aromatic heterocycles. The summed E-state index contributed by atoms with van der Waals surface area (Å²) in [6.45, 7) is 1.11. The lowest BCUT2D eigenvalue weighted by molar-refractivity contribution is -0.239. The lowest BCUT2D eigenvalue weighted by Gasteiger charge is -2.41. The van der Waals surface area contributed by atoms with Gasteiger partial charge < -0.3 is 28.8 Å². The fourth-order valence-corrected chi connectivity index (χ4v) is 3.86. The third kappa shape index (κ3) is 1.84. The van der Waals surface area contributed by atoms with E-state index >= 15 is 0 Å². The van der Waals surface area contributed by atoms with Crippen LogP contribution in [0.15, 0.2) is 12.1 Å². The molecule has 2 aliphatic heterocycles. The molecule has 22 heavy (non-hydrogen) atoms. The highest BCUT2D eigenvalue weighted by Crippen LogP contribution is 2.55. The molecule has 1 aromatic rings. The van der Waals surface area contributed by atoms with Crippen LogP contribution in [0.4, 0.5) is 0 Å². The Kier molecular flexibility index (Phi) is 3.21. The van der Waals surface area contributed by atoms with Crippen molar-refractivity contribution in [3.8, 4) is 17.2 Å². The Hall–Kier alpha value is -1.50. The number of aliphatic hydroxyl groups excluding tert-OH is 1. The van der Waals surface area contributed by atoms with Crippen LogP contribution in [0.3, 0.4) is 0 Å². The standard InChI is InChI=1S/C16H20O6/c1-18-9-7-11(19-2)14-12(8-9)22-15-13(14)10(17)3-4-16(15)20-5-6-21-16/h7-8,10,13,15,17H,3-6H2,1-2H3/t10-,13-,15+/m0/s1. The van der Waals surface area contributed by atoms with Crippen LogP contribution in [0.5, 0.6) is 17.2 Å². The van der Waals surface area contributed by atoms with Crippen molar-refractivity contribution >= 4 is 0 Å². The van der Waals surface area contributed by atoms with Crippen molar-refractivity contribution in [3.05, 3.63) is 17.7 Å². The number of hydrogen-bond donors (Lipinski definition) is 1. The van der Waals surface area contributed by atoms with Crippen LogP contribution in [-0.4, -0.2) is 50.5 Å². The predicted octanol–water partition coefficient (Wildman–Crippen LogP) is 1.45. The molecule has 0 amide bonds. The predicted molar refractivity (Wildman–Crippen MR) is 76.6 cm³/mol. The summed E-state index contributed by atoms with van der Waals surface area (Å²) in [6, 6.07) is 3.64. The van der Waals surface area contributed by atoms with E-state index in [2.05, 4.69) is 0 Å². The highest BCUT2D eigenvalue weighted by Gasteiger charge is 2.59. The van der Waals surface area contributed by atoms with Crippen LogP contribution < -0.4 is 14.2 Å². The molecule has 0 radical (unpaired) electrons. The van der Waals surface area contributed by atoms with Gasteiger partial charge >= 0.3 is 0 Å². The van der Waals surface area contributed by atoms with Crippen molar-refractivity contribution in [1.82, 2.24) is 0 Å². The smallest absolute Gasteiger partial charge is 0.206 e. The second kappa shape index (κ2) is 5.01. The topological polar surface area (TPSA) is 66.4 Å². The van der Waals surface area contributed by atoms with E-state index < -0.39 is 11.9 Å². The van der Waals surface area contributed by atoms with E-state index in [0.717, 1.165) is 5.56 Å². The number of ether oxygens (including phenoxy) is 5. The van der Waals surface area contributed by atoms with Crippen molar-refractivity contribution in [2.45, 2.75) is 36.8 Å². The first-order valence-electron chi connectivity index (χ1n) is 7.57. The van der Waals surface area contributed by atoms with Gasteiger partial charge in [0.25, 0.3) is 0 Å². The second-order valence-electron chi connectivity index (χ2n) is 5.92. The van der Waals surface area contributed by atoms with Gasteiger partial charge in [-0.2, -0.15) is 0 Å². The molecule has 2 heterocycles. The average Bonchev–Trinajstić information content (AvgIpc) is 3.16. The SMILES string of the molecule is COc1cc(OC)c2c(c1)O[C@@H]1[C@H]2[C@@H](O)CCC12OCCO2. The summed E-state index contributed by atoms with van der Waals surface area (Å²) in [5, 5.41) is 10.5. The zero-order valence-corrected chi connectivity index (χ0v) is 12.7. The maximum Gasteiger partial charge on any atom is 0.206 e. The first kappa shape index (κ1) is 14.1. The van der Waals surface area contributed by atoms with E-state index in [9.17, 15) is 5.11 Å². The number of benzene rings is 1. The molecule has 6 nitrogen and oxygen atoms in total. The van der Waals surface area contributed by atoms with Gasteiger partial charge in [0, 0.05) is 24.1 Å². The first-order chi connectivity index (χ1) is 10.7. The Morgan fingerprint density at radius 3 is 2.64 bits per heavy atom. The Balaban J connectivity index is 1.81. The lowest BCUT2D eigenvalue weighted by atomic mass is 9.77. The molecular weight excluding hydrogens is 288 g/mol. The fourth-order valence-electron chi connectivity index (χ4n) is 3.86. The van der Waals surface area contributed by atoms with Crippen molar-refractivity contribution in [1.29, 1.82) is 0 Å². The zero-order chi connectivity index (χ0) is 15.3. The molecule has 1 spiro atoms. The zero-order valence-electron chi connectivity index (χ0n) is 12.7. The first-order valence-corrected chi connectivity index (χ1v) is 7.57. The van der Waals surface area contributed by atoms with E-state index in [4.69, 9.17) is 23.7 Å². The summed E-state index contributed by atoms with van der Waals surface area (Å²) < 4.78 is 28.7. The highest BCUT2D eigenvalue weighted by atomic mass is 16.8. The molecule has 1 saturated carbocycles. The highest BCUT2D eigenvalue weighted by molar-refractivity contribution is 5.56. The Morgan fingerprint density at radius 2 is 1.95 bits per heavy atom. The van der Waals surface area contributed by atoms with E-state index in [-0.39, 0.29) is 12.0 Å². The van der Waals surface area contributed by atoms with E-state index in [1.54, 1.807) is 14.2 Å². The van der Waals surface area contributed by atoms with Gasteiger partial charge in [0.05, 0.1) is 39.5 Å². The van der Waals surface area contributed by atoms with Gasteiger partial charge in [0.2, 0.25) is 5.79 Å². The molecular formula is C16H20O6. The molecule has 0 bridgehead atoms. The molecule has 1 aromatic carbocycles. The van der Waals surface area contributed by atoms with Crippen LogP contribution >= 0.6 is 0 Å². The number of hydrogen-bond acceptors (Lipinski definition) is 6. The minimum absolute atomic E-state index is 0.220. The van der Waals surface area contributed by atoms with Gasteiger partial charge in [-0.25, -0.2) is 0 Å². The van der Waals surface area contributed by atoms with Crippen LogP contribution in [0.25, 0.3) is 0 Å². The summed E-state index contributed by atoms with van der Waals surface area (Å²) in [6.07, 6.45) is 0.365. The summed E-state index contributed by atoms with van der Waals surface area (Å²) in [5.74, 6) is 1.01. The number of fused-ring (bicyclic) bond motifs is 4. The molecule has 3 aliphatic rings. The monoisotopic (exact) mass is 308 g/mol. The Bertz CT molecular complexity index is 580. The van der Waals surface area contributed by atoms with E-state index in [1.165, 1.54) is 0 Å². The van der Waals surface area contributed by atoms with Gasteiger partial charge in [-0.3, -0.25) is 0 Å². The van der Waals surface area contributed by atoms with Gasteiger partial charge in [0.15, 0.2) is 6.10 Å². The molecule has 2 fully saturated rings. The molecule has 1 N–H and O–H groups in total. The molecule has 1 saturated heterocycles. The van der Waals surface area contributed by atoms with E-state index in [0.29, 0.717) is 43.3 Å². The van der Waals surface area contributed by atoms with Gasteiger partial charge in [-0.05, 0) is 6.42 Å². The van der Waals surface area contributed by atoms with Crippen LogP contribution in [0.1, 0.15) is 24.3 Å². The summed E-state index contributed by atoms with van der Waals surface area (Å²) in [4.78, 5) is 0. The molecule has 3 atom stereocenters.